The summed E-state index contributed by atoms with van der Waals surface area (Å²) in [6, 6.07) is 11.8. The summed E-state index contributed by atoms with van der Waals surface area (Å²) in [6.07, 6.45) is 0. The van der Waals surface area contributed by atoms with Crippen LogP contribution in [0, 0.1) is 10.1 Å². The van der Waals surface area contributed by atoms with Crippen LogP contribution < -0.4 is 15.4 Å². The van der Waals surface area contributed by atoms with Crippen LogP contribution in [0.3, 0.4) is 0 Å². The molecule has 0 saturated carbocycles. The van der Waals surface area contributed by atoms with Crippen LogP contribution in [-0.2, 0) is 27.1 Å². The first-order valence-electron chi connectivity index (χ1n) is 9.43. The van der Waals surface area contributed by atoms with Crippen molar-refractivity contribution in [1.82, 2.24) is 15.4 Å². The van der Waals surface area contributed by atoms with E-state index in [0.29, 0.717) is 5.56 Å². The summed E-state index contributed by atoms with van der Waals surface area (Å²) in [5, 5.41) is 15.8. The van der Waals surface area contributed by atoms with E-state index in [1.807, 2.05) is 0 Å². The Bertz CT molecular complexity index is 1050. The molecule has 10 nitrogen and oxygen atoms in total. The highest BCUT2D eigenvalue weighted by atomic mass is 32.2. The summed E-state index contributed by atoms with van der Waals surface area (Å²) in [6.45, 7) is 3.40. The third-order valence-electron chi connectivity index (χ3n) is 4.01. The van der Waals surface area contributed by atoms with Gasteiger partial charge in [-0.25, -0.2) is 13.1 Å². The summed E-state index contributed by atoms with van der Waals surface area (Å²) in [5.74, 6) is -1.17. The molecule has 0 aromatic heterocycles. The molecule has 0 atom stereocenters. The van der Waals surface area contributed by atoms with Crippen molar-refractivity contribution in [3.8, 4) is 0 Å². The minimum atomic E-state index is -3.42. The molecule has 0 saturated heterocycles. The molecule has 0 aliphatic rings. The lowest BCUT2D eigenvalue weighted by Gasteiger charge is -2.10. The van der Waals surface area contributed by atoms with Gasteiger partial charge in [0.05, 0.1) is 17.2 Å². The molecule has 2 amide bonds. The Morgan fingerprint density at radius 1 is 1.03 bits per heavy atom. The van der Waals surface area contributed by atoms with Crippen molar-refractivity contribution in [1.29, 1.82) is 0 Å². The van der Waals surface area contributed by atoms with Crippen LogP contribution in [0.1, 0.15) is 35.3 Å². The molecule has 2 aromatic rings. The number of sulfonamides is 1. The number of hydrogen-bond donors (Lipinski definition) is 3. The Labute approximate surface area is 180 Å². The van der Waals surface area contributed by atoms with Crippen molar-refractivity contribution in [3.05, 3.63) is 75.3 Å². The van der Waals surface area contributed by atoms with Crippen LogP contribution >= 0.6 is 0 Å². The molecule has 0 unspecified atom stereocenters. The van der Waals surface area contributed by atoms with Crippen molar-refractivity contribution >= 4 is 27.5 Å². The number of nitrogens with zero attached hydrogens (tertiary/aromatic N) is 1. The third-order valence-corrected chi connectivity index (χ3v) is 5.56. The lowest BCUT2D eigenvalue weighted by atomic mass is 10.1. The van der Waals surface area contributed by atoms with Gasteiger partial charge < -0.3 is 10.6 Å². The fourth-order valence-corrected chi connectivity index (χ4v) is 4.09. The maximum absolute atomic E-state index is 12.0. The highest BCUT2D eigenvalue weighted by molar-refractivity contribution is 7.88. The number of non-ortho nitro benzene ring substituents is 1. The molecule has 3 N–H and O–H groups in total. The zero-order chi connectivity index (χ0) is 23.0. The van der Waals surface area contributed by atoms with E-state index >= 15 is 0 Å². The van der Waals surface area contributed by atoms with Gasteiger partial charge in [-0.1, -0.05) is 30.3 Å². The van der Waals surface area contributed by atoms with E-state index in [2.05, 4.69) is 15.4 Å². The Morgan fingerprint density at radius 2 is 1.68 bits per heavy atom. The number of benzene rings is 2. The highest BCUT2D eigenvalue weighted by Crippen LogP contribution is 2.13. The SMILES string of the molecule is CC(C)NS(=O)(=O)Cc1ccc(CNC(=O)CNC(=O)c2cccc([N+](=O)[O-])c2)cc1. The summed E-state index contributed by atoms with van der Waals surface area (Å²) in [7, 11) is -3.42. The predicted octanol–water partition coefficient (Wildman–Crippen LogP) is 1.47. The van der Waals surface area contributed by atoms with Crippen molar-refractivity contribution < 1.29 is 22.9 Å². The van der Waals surface area contributed by atoms with Crippen molar-refractivity contribution in [3.63, 3.8) is 0 Å². The van der Waals surface area contributed by atoms with E-state index in [-0.39, 0.29) is 36.1 Å². The van der Waals surface area contributed by atoms with Crippen LogP contribution in [0.4, 0.5) is 5.69 Å². The van der Waals surface area contributed by atoms with E-state index < -0.39 is 26.8 Å². The van der Waals surface area contributed by atoms with Crippen LogP contribution in [-0.4, -0.2) is 37.7 Å². The van der Waals surface area contributed by atoms with Gasteiger partial charge in [0, 0.05) is 30.3 Å². The van der Waals surface area contributed by atoms with Crippen LogP contribution in [0.5, 0.6) is 0 Å². The molecule has 31 heavy (non-hydrogen) atoms. The van der Waals surface area contributed by atoms with Gasteiger partial charge in [-0.15, -0.1) is 0 Å². The lowest BCUT2D eigenvalue weighted by molar-refractivity contribution is -0.384. The number of nitrogens with one attached hydrogen (secondary N) is 3. The Balaban J connectivity index is 1.81. The van der Waals surface area contributed by atoms with Gasteiger partial charge in [-0.2, -0.15) is 0 Å². The second kappa shape index (κ2) is 10.6. The van der Waals surface area contributed by atoms with Gasteiger partial charge in [0.25, 0.3) is 11.6 Å². The van der Waals surface area contributed by atoms with E-state index in [9.17, 15) is 28.1 Å². The molecule has 166 valence electrons. The van der Waals surface area contributed by atoms with Crippen LogP contribution in [0.2, 0.25) is 0 Å². The Kier molecular flexibility index (Phi) is 8.22. The van der Waals surface area contributed by atoms with Gasteiger partial charge >= 0.3 is 0 Å². The molecule has 11 heteroatoms. The number of carbonyl (C=O) groups is 2. The maximum Gasteiger partial charge on any atom is 0.270 e. The lowest BCUT2D eigenvalue weighted by Crippen LogP contribution is -2.36. The number of rotatable bonds is 10. The zero-order valence-corrected chi connectivity index (χ0v) is 17.9. The summed E-state index contributed by atoms with van der Waals surface area (Å²) >= 11 is 0. The standard InChI is InChI=1S/C20H24N4O6S/c1-14(2)23-31(29,30)13-16-8-6-15(7-9-16)11-21-19(25)12-22-20(26)17-4-3-5-18(10-17)24(27)28/h3-10,14,23H,11-13H2,1-2H3,(H,21,25)(H,22,26). The van der Waals surface area contributed by atoms with Crippen LogP contribution in [0.15, 0.2) is 48.5 Å². The van der Waals surface area contributed by atoms with Gasteiger partial charge in [0.2, 0.25) is 15.9 Å². The molecule has 0 aliphatic heterocycles. The number of nitro benzene ring substituents is 1. The van der Waals surface area contributed by atoms with Gasteiger partial charge in [-0.3, -0.25) is 19.7 Å². The monoisotopic (exact) mass is 448 g/mol. The molecular weight excluding hydrogens is 424 g/mol. The zero-order valence-electron chi connectivity index (χ0n) is 17.1. The minimum Gasteiger partial charge on any atom is -0.350 e. The molecule has 0 bridgehead atoms. The van der Waals surface area contributed by atoms with Crippen LogP contribution in [0.25, 0.3) is 0 Å². The molecular formula is C20H24N4O6S. The average Bonchev–Trinajstić information content (AvgIpc) is 2.70. The van der Waals surface area contributed by atoms with Gasteiger partial charge in [0.15, 0.2) is 0 Å². The Hall–Kier alpha value is -3.31. The first-order valence-corrected chi connectivity index (χ1v) is 11.1. The van der Waals surface area contributed by atoms with Crippen molar-refractivity contribution in [2.24, 2.45) is 0 Å². The van der Waals surface area contributed by atoms with Gasteiger partial charge in [-0.05, 0) is 31.0 Å². The summed E-state index contributed by atoms with van der Waals surface area (Å²) in [5.41, 5.74) is 1.25. The van der Waals surface area contributed by atoms with E-state index in [4.69, 9.17) is 0 Å². The second-order valence-corrected chi connectivity index (χ2v) is 8.87. The summed E-state index contributed by atoms with van der Waals surface area (Å²) < 4.78 is 26.4. The first kappa shape index (κ1) is 24.0. The molecule has 2 aromatic carbocycles. The number of hydrogen-bond acceptors (Lipinski definition) is 6. The number of amides is 2. The number of nitro groups is 1. The Morgan fingerprint density at radius 3 is 2.29 bits per heavy atom. The summed E-state index contributed by atoms with van der Waals surface area (Å²) in [4.78, 5) is 34.2. The third kappa shape index (κ3) is 8.15. The molecule has 0 radical (unpaired) electrons. The minimum absolute atomic E-state index is 0.0829. The van der Waals surface area contributed by atoms with E-state index in [1.165, 1.54) is 18.2 Å². The van der Waals surface area contributed by atoms with Gasteiger partial charge in [0.1, 0.15) is 0 Å². The molecule has 0 aliphatic carbocycles. The van der Waals surface area contributed by atoms with E-state index in [0.717, 1.165) is 11.6 Å². The normalized spacial score (nSPS) is 11.2. The topological polar surface area (TPSA) is 148 Å². The predicted molar refractivity (Wildman–Crippen MR) is 115 cm³/mol. The second-order valence-electron chi connectivity index (χ2n) is 7.11. The van der Waals surface area contributed by atoms with Crippen molar-refractivity contribution in [2.45, 2.75) is 32.2 Å². The number of carbonyl (C=O) groups excluding carboxylic acids is 2. The van der Waals surface area contributed by atoms with E-state index in [1.54, 1.807) is 38.1 Å². The molecule has 0 heterocycles. The average molecular weight is 449 g/mol. The molecule has 0 fully saturated rings. The smallest absolute Gasteiger partial charge is 0.270 e. The fourth-order valence-electron chi connectivity index (χ4n) is 2.66. The molecule has 0 spiro atoms. The molecule has 2 rings (SSSR count). The highest BCUT2D eigenvalue weighted by Gasteiger charge is 2.14. The maximum atomic E-state index is 12.0. The van der Waals surface area contributed by atoms with Crippen molar-refractivity contribution in [2.75, 3.05) is 6.54 Å². The quantitative estimate of drug-likeness (QED) is 0.370. The first-order chi connectivity index (χ1) is 14.6. The fraction of sp³-hybridized carbons (Fsp3) is 0.300. The largest absolute Gasteiger partial charge is 0.350 e.